The quantitative estimate of drug-likeness (QED) is 0.267. The number of benzene rings is 2. The first kappa shape index (κ1) is 30.8. The number of carbonyl (C=O) groups is 3. The molecule has 4 rings (SSSR count). The molecule has 2 fully saturated rings. The van der Waals surface area contributed by atoms with E-state index in [0.29, 0.717) is 25.0 Å². The summed E-state index contributed by atoms with van der Waals surface area (Å²) in [6.45, 7) is -0.179. The van der Waals surface area contributed by atoms with Crippen molar-refractivity contribution in [2.75, 3.05) is 11.9 Å². The molecule has 41 heavy (non-hydrogen) atoms. The SMILES string of the molecule is NC(=O)C[C@H](N)C(=O)NCC1(O)C2CC[C@H]1CC(S(=O)(=O)c1cc(C(=O)Nc3cc(F)c(F)c(F)c3)ccc1Cl)C2. The van der Waals surface area contributed by atoms with Crippen LogP contribution in [-0.4, -0.2) is 54.7 Å². The van der Waals surface area contributed by atoms with Gasteiger partial charge in [-0.25, -0.2) is 21.6 Å². The molecule has 0 saturated heterocycles. The number of rotatable bonds is 9. The van der Waals surface area contributed by atoms with E-state index in [2.05, 4.69) is 10.6 Å². The van der Waals surface area contributed by atoms with Crippen LogP contribution in [0, 0.1) is 29.3 Å². The first-order valence-electron chi connectivity index (χ1n) is 12.7. The third kappa shape index (κ3) is 6.20. The fraction of sp³-hybridized carbons (Fsp3) is 0.423. The molecule has 2 aliphatic carbocycles. The van der Waals surface area contributed by atoms with Gasteiger partial charge in [-0.2, -0.15) is 0 Å². The summed E-state index contributed by atoms with van der Waals surface area (Å²) in [6.07, 6.45) is 0.764. The maximum atomic E-state index is 13.7. The van der Waals surface area contributed by atoms with Gasteiger partial charge in [-0.1, -0.05) is 11.6 Å². The van der Waals surface area contributed by atoms with Crippen LogP contribution in [0.25, 0.3) is 0 Å². The second-order valence-corrected chi connectivity index (χ2v) is 13.1. The summed E-state index contributed by atoms with van der Waals surface area (Å²) in [5.74, 6) is -8.03. The Balaban J connectivity index is 1.50. The molecule has 10 nitrogen and oxygen atoms in total. The second kappa shape index (κ2) is 11.6. The third-order valence-corrected chi connectivity index (χ3v) is 10.5. The van der Waals surface area contributed by atoms with Crippen LogP contribution in [0.5, 0.6) is 0 Å². The van der Waals surface area contributed by atoms with Gasteiger partial charge in [0.15, 0.2) is 27.3 Å². The van der Waals surface area contributed by atoms with E-state index in [1.165, 1.54) is 12.1 Å². The van der Waals surface area contributed by atoms with Crippen LogP contribution in [0.15, 0.2) is 35.2 Å². The van der Waals surface area contributed by atoms with E-state index in [-0.39, 0.29) is 47.0 Å². The van der Waals surface area contributed by atoms with Crippen molar-refractivity contribution in [2.45, 2.75) is 53.9 Å². The van der Waals surface area contributed by atoms with Gasteiger partial charge in [-0.3, -0.25) is 14.4 Å². The number of halogens is 4. The van der Waals surface area contributed by atoms with Gasteiger partial charge < -0.3 is 27.2 Å². The fourth-order valence-corrected chi connectivity index (χ4v) is 8.10. The van der Waals surface area contributed by atoms with Crippen molar-refractivity contribution in [3.63, 3.8) is 0 Å². The summed E-state index contributed by atoms with van der Waals surface area (Å²) >= 11 is 6.23. The zero-order chi connectivity index (χ0) is 30.3. The van der Waals surface area contributed by atoms with Crippen LogP contribution in [0.3, 0.4) is 0 Å². The van der Waals surface area contributed by atoms with Crippen LogP contribution in [0.1, 0.15) is 42.5 Å². The molecule has 0 aromatic heterocycles. The molecule has 15 heteroatoms. The lowest BCUT2D eigenvalue weighted by Gasteiger charge is -2.42. The Labute approximate surface area is 238 Å². The Hall–Kier alpha value is -3.20. The molecule has 2 saturated carbocycles. The van der Waals surface area contributed by atoms with Crippen LogP contribution >= 0.6 is 11.6 Å². The van der Waals surface area contributed by atoms with E-state index in [9.17, 15) is 41.1 Å². The Morgan fingerprint density at radius 2 is 1.66 bits per heavy atom. The molecule has 7 N–H and O–H groups in total. The van der Waals surface area contributed by atoms with Crippen LogP contribution < -0.4 is 22.1 Å². The predicted octanol–water partition coefficient (Wildman–Crippen LogP) is 2.02. The van der Waals surface area contributed by atoms with E-state index in [1.807, 2.05) is 0 Å². The average molecular weight is 617 g/mol. The number of amides is 3. The summed E-state index contributed by atoms with van der Waals surface area (Å²) < 4.78 is 67.7. The normalized spacial score (nSPS) is 24.5. The number of hydrogen-bond acceptors (Lipinski definition) is 7. The van der Waals surface area contributed by atoms with Crippen LogP contribution in [0.2, 0.25) is 5.02 Å². The van der Waals surface area contributed by atoms with Gasteiger partial charge in [0.25, 0.3) is 5.91 Å². The highest BCUT2D eigenvalue weighted by Crippen LogP contribution is 2.52. The predicted molar refractivity (Wildman–Crippen MR) is 142 cm³/mol. The van der Waals surface area contributed by atoms with Gasteiger partial charge >= 0.3 is 0 Å². The van der Waals surface area contributed by atoms with Gasteiger partial charge in [0.05, 0.1) is 33.2 Å². The van der Waals surface area contributed by atoms with E-state index < -0.39 is 73.7 Å². The fourth-order valence-electron chi connectivity index (χ4n) is 5.69. The van der Waals surface area contributed by atoms with Gasteiger partial charge in [-0.05, 0) is 55.7 Å². The molecule has 5 atom stereocenters. The van der Waals surface area contributed by atoms with Gasteiger partial charge in [-0.15, -0.1) is 0 Å². The summed E-state index contributed by atoms with van der Waals surface area (Å²) in [5.41, 5.74) is 8.77. The molecule has 2 bridgehead atoms. The molecule has 0 radical (unpaired) electrons. The minimum Gasteiger partial charge on any atom is -0.387 e. The molecule has 222 valence electrons. The third-order valence-electron chi connectivity index (χ3n) is 7.86. The number of nitrogens with one attached hydrogen (secondary N) is 2. The van der Waals surface area contributed by atoms with Gasteiger partial charge in [0.2, 0.25) is 11.8 Å². The van der Waals surface area contributed by atoms with Crippen LogP contribution in [-0.2, 0) is 19.4 Å². The van der Waals surface area contributed by atoms with E-state index in [4.69, 9.17) is 23.1 Å². The number of fused-ring (bicyclic) bond motifs is 2. The molecular formula is C26H28ClF3N4O6S. The zero-order valence-electron chi connectivity index (χ0n) is 21.5. The highest BCUT2D eigenvalue weighted by atomic mass is 35.5. The Bertz CT molecular complexity index is 1470. The molecule has 0 heterocycles. The second-order valence-electron chi connectivity index (χ2n) is 10.4. The maximum Gasteiger partial charge on any atom is 0.255 e. The molecular weight excluding hydrogens is 589 g/mol. The molecule has 2 aromatic rings. The Kier molecular flexibility index (Phi) is 8.69. The summed E-state index contributed by atoms with van der Waals surface area (Å²) in [4.78, 5) is 35.7. The minimum atomic E-state index is -4.13. The number of aliphatic hydroxyl groups is 1. The molecule has 0 spiro atoms. The molecule has 0 aliphatic heterocycles. The number of carbonyl (C=O) groups excluding carboxylic acids is 3. The molecule has 2 aromatic carbocycles. The number of anilines is 1. The van der Waals surface area contributed by atoms with E-state index >= 15 is 0 Å². The van der Waals surface area contributed by atoms with Gasteiger partial charge in [0.1, 0.15) is 0 Å². The lowest BCUT2D eigenvalue weighted by atomic mass is 9.74. The number of sulfone groups is 1. The number of primary amides is 1. The number of hydrogen-bond donors (Lipinski definition) is 5. The monoisotopic (exact) mass is 616 g/mol. The Morgan fingerprint density at radius 3 is 2.22 bits per heavy atom. The van der Waals surface area contributed by atoms with Crippen LogP contribution in [0.4, 0.5) is 18.9 Å². The maximum absolute atomic E-state index is 13.7. The Morgan fingerprint density at radius 1 is 1.07 bits per heavy atom. The first-order chi connectivity index (χ1) is 19.1. The first-order valence-corrected chi connectivity index (χ1v) is 14.6. The highest BCUT2D eigenvalue weighted by molar-refractivity contribution is 7.92. The lowest BCUT2D eigenvalue weighted by molar-refractivity contribution is -0.128. The van der Waals surface area contributed by atoms with Crippen molar-refractivity contribution in [3.05, 3.63) is 58.4 Å². The topological polar surface area (TPSA) is 182 Å². The molecule has 2 aliphatic rings. The minimum absolute atomic E-state index is 0.0550. The van der Waals surface area contributed by atoms with Crippen molar-refractivity contribution >= 4 is 44.8 Å². The summed E-state index contributed by atoms with van der Waals surface area (Å²) in [7, 11) is -4.13. The van der Waals surface area contributed by atoms with Crippen molar-refractivity contribution < 1.29 is 41.1 Å². The molecule has 3 amide bonds. The average Bonchev–Trinajstić information content (AvgIpc) is 3.05. The highest BCUT2D eigenvalue weighted by Gasteiger charge is 2.55. The summed E-state index contributed by atoms with van der Waals surface area (Å²) in [6, 6.07) is 3.45. The van der Waals surface area contributed by atoms with E-state index in [1.54, 1.807) is 0 Å². The lowest BCUT2D eigenvalue weighted by Crippen LogP contribution is -2.56. The van der Waals surface area contributed by atoms with Crippen molar-refractivity contribution in [1.82, 2.24) is 5.32 Å². The van der Waals surface area contributed by atoms with Crippen molar-refractivity contribution in [3.8, 4) is 0 Å². The van der Waals surface area contributed by atoms with Gasteiger partial charge in [0, 0.05) is 29.9 Å². The van der Waals surface area contributed by atoms with Crippen molar-refractivity contribution in [2.24, 2.45) is 23.3 Å². The number of nitrogens with two attached hydrogens (primary N) is 2. The van der Waals surface area contributed by atoms with E-state index in [0.717, 1.165) is 6.07 Å². The summed E-state index contributed by atoms with van der Waals surface area (Å²) in [5, 5.41) is 15.0. The standard InChI is InChI=1S/C26H28ClF3N4O6S/c27-17-4-1-12(24(36)34-15-8-18(28)23(30)19(29)9-15)5-21(17)41(39,40)16-6-13-2-3-14(7-16)26(13,38)11-33-25(37)20(31)10-22(32)35/h1,4-5,8-9,13-14,16,20,38H,2-3,6-7,10-11,31H2,(H2,32,35)(H,33,37)(H,34,36)/t13-,14?,16?,20-,26?/m0/s1. The zero-order valence-corrected chi connectivity index (χ0v) is 23.1. The van der Waals surface area contributed by atoms with Crippen molar-refractivity contribution in [1.29, 1.82) is 0 Å². The molecule has 3 unspecified atom stereocenters. The smallest absolute Gasteiger partial charge is 0.255 e. The largest absolute Gasteiger partial charge is 0.387 e.